The van der Waals surface area contributed by atoms with Gasteiger partial charge in [-0.1, -0.05) is 84.9 Å². The summed E-state index contributed by atoms with van der Waals surface area (Å²) in [5.74, 6) is 1.60. The Hall–Kier alpha value is -3.82. The number of para-hydroxylation sites is 1. The maximum atomic E-state index is 12.0. The van der Waals surface area contributed by atoms with Crippen molar-refractivity contribution in [2.24, 2.45) is 0 Å². The van der Waals surface area contributed by atoms with E-state index in [1.807, 2.05) is 67.6 Å². The van der Waals surface area contributed by atoms with E-state index < -0.39 is 6.29 Å². The van der Waals surface area contributed by atoms with Crippen molar-refractivity contribution in [3.8, 4) is 16.9 Å². The van der Waals surface area contributed by atoms with E-state index in [0.29, 0.717) is 19.5 Å². The predicted octanol–water partition coefficient (Wildman–Crippen LogP) is 7.01. The Balaban J connectivity index is 1.35. The van der Waals surface area contributed by atoms with Gasteiger partial charge in [0.05, 0.1) is 25.9 Å². The van der Waals surface area contributed by atoms with Crippen molar-refractivity contribution in [2.75, 3.05) is 19.4 Å². The van der Waals surface area contributed by atoms with E-state index in [0.717, 1.165) is 49.8 Å². The number of carbonyl (C=O) groups excluding carboxylic acids is 1. The standard InChI is InChI=1S/C35H38N2O5S/c1-3-36-35(39)37-21-28-8-4-5-9-30(28)25-16-18-27(19-17-25)34-41-29(23-43-33-11-7-6-10-31(33)40-2)20-32(42-34)26-14-12-24(22-38)13-15-26/h4-19,29,32,34,38H,3,20-23H2,1-2H3,(H2,36,37,39)/t29-,32+,34+/m0/s1. The summed E-state index contributed by atoms with van der Waals surface area (Å²) in [6, 6.07) is 32.1. The molecule has 5 rings (SSSR count). The number of hydrogen-bond acceptors (Lipinski definition) is 6. The highest BCUT2D eigenvalue weighted by molar-refractivity contribution is 7.99. The normalized spacial score (nSPS) is 18.2. The van der Waals surface area contributed by atoms with Gasteiger partial charge in [0.15, 0.2) is 6.29 Å². The molecule has 1 saturated heterocycles. The van der Waals surface area contributed by atoms with E-state index in [1.54, 1.807) is 18.9 Å². The number of nitrogens with one attached hydrogen (secondary N) is 2. The van der Waals surface area contributed by atoms with Crippen LogP contribution in [0.1, 0.15) is 48.0 Å². The van der Waals surface area contributed by atoms with Gasteiger partial charge in [-0.15, -0.1) is 11.8 Å². The van der Waals surface area contributed by atoms with Crippen molar-refractivity contribution in [3.05, 3.63) is 119 Å². The Bertz CT molecular complexity index is 1480. The van der Waals surface area contributed by atoms with Crippen LogP contribution < -0.4 is 15.4 Å². The third-order valence-electron chi connectivity index (χ3n) is 7.40. The Kier molecular flexibility index (Phi) is 10.7. The van der Waals surface area contributed by atoms with Crippen LogP contribution in [0.2, 0.25) is 0 Å². The molecule has 3 atom stereocenters. The fourth-order valence-electron chi connectivity index (χ4n) is 5.12. The fraction of sp³-hybridized carbons (Fsp3) is 0.286. The van der Waals surface area contributed by atoms with Crippen LogP contribution in [-0.4, -0.2) is 36.6 Å². The number of aliphatic hydroxyl groups excluding tert-OH is 1. The number of benzene rings is 4. The monoisotopic (exact) mass is 598 g/mol. The van der Waals surface area contributed by atoms with Crippen molar-refractivity contribution >= 4 is 17.8 Å². The van der Waals surface area contributed by atoms with Crippen LogP contribution in [0, 0.1) is 0 Å². The first-order valence-electron chi connectivity index (χ1n) is 14.5. The highest BCUT2D eigenvalue weighted by Crippen LogP contribution is 2.41. The van der Waals surface area contributed by atoms with Crippen molar-refractivity contribution in [1.82, 2.24) is 10.6 Å². The van der Waals surface area contributed by atoms with Gasteiger partial charge < -0.3 is 30.0 Å². The van der Waals surface area contributed by atoms with Gasteiger partial charge in [-0.25, -0.2) is 4.79 Å². The second-order valence-electron chi connectivity index (χ2n) is 10.3. The highest BCUT2D eigenvalue weighted by Gasteiger charge is 2.32. The van der Waals surface area contributed by atoms with Gasteiger partial charge in [-0.3, -0.25) is 0 Å². The molecule has 1 aliphatic rings. The van der Waals surface area contributed by atoms with Crippen LogP contribution in [0.25, 0.3) is 11.1 Å². The quantitative estimate of drug-likeness (QED) is 0.161. The SMILES string of the molecule is CCNC(=O)NCc1ccccc1-c1ccc([C@@H]2O[C@H](CSc3ccccc3OC)C[C@H](c3ccc(CO)cc3)O2)cc1. The van der Waals surface area contributed by atoms with Crippen LogP contribution >= 0.6 is 11.8 Å². The average Bonchev–Trinajstić information content (AvgIpc) is 3.07. The number of urea groups is 1. The first-order valence-corrected chi connectivity index (χ1v) is 15.5. The Morgan fingerprint density at radius 1 is 0.907 bits per heavy atom. The Morgan fingerprint density at radius 3 is 2.37 bits per heavy atom. The van der Waals surface area contributed by atoms with E-state index in [9.17, 15) is 9.90 Å². The number of methoxy groups -OCH3 is 1. The lowest BCUT2D eigenvalue weighted by Gasteiger charge is -2.36. The van der Waals surface area contributed by atoms with Crippen molar-refractivity contribution in [1.29, 1.82) is 0 Å². The number of hydrogen-bond donors (Lipinski definition) is 3. The van der Waals surface area contributed by atoms with Crippen LogP contribution in [0.5, 0.6) is 5.75 Å². The molecule has 4 aromatic rings. The van der Waals surface area contributed by atoms with Gasteiger partial charge in [-0.2, -0.15) is 0 Å². The Labute approximate surface area is 257 Å². The summed E-state index contributed by atoms with van der Waals surface area (Å²) in [7, 11) is 1.69. The van der Waals surface area contributed by atoms with Crippen LogP contribution in [-0.2, 0) is 22.6 Å². The van der Waals surface area contributed by atoms with Gasteiger partial charge in [0.2, 0.25) is 0 Å². The summed E-state index contributed by atoms with van der Waals surface area (Å²) in [5.41, 5.74) is 6.00. The average molecular weight is 599 g/mol. The topological polar surface area (TPSA) is 89.1 Å². The molecule has 0 aliphatic carbocycles. The fourth-order valence-corrected chi connectivity index (χ4v) is 6.17. The molecule has 0 radical (unpaired) electrons. The van der Waals surface area contributed by atoms with E-state index in [-0.39, 0.29) is 24.8 Å². The lowest BCUT2D eigenvalue weighted by molar-refractivity contribution is -0.245. The summed E-state index contributed by atoms with van der Waals surface area (Å²) in [5, 5.41) is 15.2. The van der Waals surface area contributed by atoms with Crippen LogP contribution in [0.15, 0.2) is 102 Å². The minimum absolute atomic E-state index is 0.00713. The number of aliphatic hydroxyl groups is 1. The minimum atomic E-state index is -0.539. The summed E-state index contributed by atoms with van der Waals surface area (Å²) in [6.07, 6.45) is -0.0445. The smallest absolute Gasteiger partial charge is 0.315 e. The van der Waals surface area contributed by atoms with E-state index in [4.69, 9.17) is 14.2 Å². The van der Waals surface area contributed by atoms with Crippen LogP contribution in [0.3, 0.4) is 0 Å². The number of thioether (sulfide) groups is 1. The number of carbonyl (C=O) groups is 1. The number of rotatable bonds is 11. The van der Waals surface area contributed by atoms with Gasteiger partial charge in [0, 0.05) is 35.7 Å². The van der Waals surface area contributed by atoms with Gasteiger partial charge in [0.1, 0.15) is 5.75 Å². The van der Waals surface area contributed by atoms with E-state index in [2.05, 4.69) is 47.0 Å². The minimum Gasteiger partial charge on any atom is -0.496 e. The maximum Gasteiger partial charge on any atom is 0.315 e. The van der Waals surface area contributed by atoms with Crippen molar-refractivity contribution < 1.29 is 24.1 Å². The molecule has 3 N–H and O–H groups in total. The zero-order valence-electron chi connectivity index (χ0n) is 24.5. The van der Waals surface area contributed by atoms with Gasteiger partial charge in [-0.05, 0) is 46.9 Å². The maximum absolute atomic E-state index is 12.0. The lowest BCUT2D eigenvalue weighted by Crippen LogP contribution is -2.34. The molecule has 4 aromatic carbocycles. The molecule has 0 spiro atoms. The first kappa shape index (κ1) is 30.6. The van der Waals surface area contributed by atoms with E-state index in [1.165, 1.54) is 0 Å². The largest absolute Gasteiger partial charge is 0.496 e. The summed E-state index contributed by atoms with van der Waals surface area (Å²) < 4.78 is 18.6. The summed E-state index contributed by atoms with van der Waals surface area (Å²) >= 11 is 1.72. The molecule has 0 bridgehead atoms. The molecule has 7 nitrogen and oxygen atoms in total. The summed E-state index contributed by atoms with van der Waals surface area (Å²) in [6.45, 7) is 2.91. The molecule has 1 aliphatic heterocycles. The van der Waals surface area contributed by atoms with Crippen molar-refractivity contribution in [2.45, 2.75) is 49.9 Å². The third kappa shape index (κ3) is 7.97. The molecular weight excluding hydrogens is 560 g/mol. The zero-order chi connectivity index (χ0) is 30.0. The second-order valence-corrected chi connectivity index (χ2v) is 11.4. The molecular formula is C35H38N2O5S. The third-order valence-corrected chi connectivity index (χ3v) is 8.58. The molecule has 1 heterocycles. The molecule has 0 unspecified atom stereocenters. The van der Waals surface area contributed by atoms with Crippen molar-refractivity contribution in [3.63, 3.8) is 0 Å². The predicted molar refractivity (Wildman–Crippen MR) is 170 cm³/mol. The Morgan fingerprint density at radius 2 is 1.63 bits per heavy atom. The zero-order valence-corrected chi connectivity index (χ0v) is 25.3. The van der Waals surface area contributed by atoms with Crippen LogP contribution in [0.4, 0.5) is 4.79 Å². The molecule has 43 heavy (non-hydrogen) atoms. The highest BCUT2D eigenvalue weighted by atomic mass is 32.2. The second kappa shape index (κ2) is 15.1. The molecule has 224 valence electrons. The molecule has 0 aromatic heterocycles. The number of ether oxygens (including phenoxy) is 3. The van der Waals surface area contributed by atoms with E-state index >= 15 is 0 Å². The van der Waals surface area contributed by atoms with Gasteiger partial charge >= 0.3 is 6.03 Å². The molecule has 8 heteroatoms. The van der Waals surface area contributed by atoms with Gasteiger partial charge in [0.25, 0.3) is 0 Å². The number of amides is 2. The molecule has 2 amide bonds. The molecule has 0 saturated carbocycles. The first-order chi connectivity index (χ1) is 21.1. The lowest BCUT2D eigenvalue weighted by atomic mass is 9.98. The molecule has 1 fully saturated rings. The summed E-state index contributed by atoms with van der Waals surface area (Å²) in [4.78, 5) is 13.0.